The van der Waals surface area contributed by atoms with Gasteiger partial charge in [0.1, 0.15) is 4.47 Å². The van der Waals surface area contributed by atoms with Crippen LogP contribution < -0.4 is 10.9 Å². The molecule has 0 atom stereocenters. The van der Waals surface area contributed by atoms with E-state index in [1.54, 1.807) is 4.68 Å². The van der Waals surface area contributed by atoms with Gasteiger partial charge in [-0.2, -0.15) is 5.10 Å². The molecule has 0 bridgehead atoms. The van der Waals surface area contributed by atoms with Crippen molar-refractivity contribution in [1.29, 1.82) is 0 Å². The van der Waals surface area contributed by atoms with E-state index in [1.165, 1.54) is 57.8 Å². The van der Waals surface area contributed by atoms with Crippen LogP contribution in [0.5, 0.6) is 0 Å². The molecule has 2 fully saturated rings. The standard InChI is InChI=1S/C16H24BrN3O/c17-15-14(19-13-6-4-2-1-3-5-7-13)10-18-20(16(15)21)11-12-8-9-12/h10,12-13,19H,1-9,11H2. The van der Waals surface area contributed by atoms with Gasteiger partial charge in [0.25, 0.3) is 5.56 Å². The summed E-state index contributed by atoms with van der Waals surface area (Å²) in [6, 6.07) is 0.474. The fraction of sp³-hybridized carbons (Fsp3) is 0.750. The maximum atomic E-state index is 12.3. The van der Waals surface area contributed by atoms with Crippen LogP contribution in [0.2, 0.25) is 0 Å². The first-order valence-electron chi connectivity index (χ1n) is 8.26. The molecule has 3 rings (SSSR count). The fourth-order valence-electron chi connectivity index (χ4n) is 3.06. The molecular formula is C16H24BrN3O. The summed E-state index contributed by atoms with van der Waals surface area (Å²) in [5, 5.41) is 7.87. The van der Waals surface area contributed by atoms with E-state index in [1.807, 2.05) is 6.20 Å². The lowest BCUT2D eigenvalue weighted by Gasteiger charge is -2.22. The normalized spacial score (nSPS) is 20.8. The molecule has 0 amide bonds. The van der Waals surface area contributed by atoms with Gasteiger partial charge in [-0.25, -0.2) is 4.68 Å². The number of hydrogen-bond acceptors (Lipinski definition) is 3. The van der Waals surface area contributed by atoms with Crippen LogP contribution in [0.25, 0.3) is 0 Å². The van der Waals surface area contributed by atoms with Gasteiger partial charge in [-0.05, 0) is 47.5 Å². The van der Waals surface area contributed by atoms with Gasteiger partial charge in [-0.3, -0.25) is 4.79 Å². The Morgan fingerprint density at radius 3 is 2.48 bits per heavy atom. The summed E-state index contributed by atoms with van der Waals surface area (Å²) in [5.74, 6) is 0.659. The third-order valence-corrected chi connectivity index (χ3v) is 5.34. The molecule has 0 radical (unpaired) electrons. The van der Waals surface area contributed by atoms with E-state index in [0.29, 0.717) is 16.4 Å². The van der Waals surface area contributed by atoms with Gasteiger partial charge in [0, 0.05) is 12.6 Å². The third-order valence-electron chi connectivity index (χ3n) is 4.58. The number of nitrogens with one attached hydrogen (secondary N) is 1. The average molecular weight is 354 g/mol. The van der Waals surface area contributed by atoms with Crippen LogP contribution in [0.4, 0.5) is 5.69 Å². The Morgan fingerprint density at radius 1 is 1.14 bits per heavy atom. The van der Waals surface area contributed by atoms with Crippen LogP contribution in [0.15, 0.2) is 15.5 Å². The number of anilines is 1. The summed E-state index contributed by atoms with van der Waals surface area (Å²) in [5.41, 5.74) is 0.857. The molecule has 0 aromatic carbocycles. The Kier molecular flexibility index (Phi) is 4.99. The monoisotopic (exact) mass is 353 g/mol. The van der Waals surface area contributed by atoms with Crippen molar-refractivity contribution in [3.63, 3.8) is 0 Å². The summed E-state index contributed by atoms with van der Waals surface area (Å²) in [6.07, 6.45) is 13.3. The minimum Gasteiger partial charge on any atom is -0.380 e. The van der Waals surface area contributed by atoms with E-state index < -0.39 is 0 Å². The quantitative estimate of drug-likeness (QED) is 0.891. The average Bonchev–Trinajstić information content (AvgIpc) is 3.25. The second-order valence-corrected chi connectivity index (χ2v) is 7.28. The molecule has 5 heteroatoms. The zero-order chi connectivity index (χ0) is 14.7. The number of halogens is 1. The first-order chi connectivity index (χ1) is 10.2. The lowest BCUT2D eigenvalue weighted by Crippen LogP contribution is -2.27. The predicted octanol–water partition coefficient (Wildman–Crippen LogP) is 3.94. The molecule has 21 heavy (non-hydrogen) atoms. The summed E-state index contributed by atoms with van der Waals surface area (Å²) in [6.45, 7) is 0.765. The smallest absolute Gasteiger partial charge is 0.283 e. The molecule has 1 aromatic heterocycles. The molecule has 0 spiro atoms. The molecule has 4 nitrogen and oxygen atoms in total. The van der Waals surface area contributed by atoms with Crippen molar-refractivity contribution in [2.45, 2.75) is 70.4 Å². The summed E-state index contributed by atoms with van der Waals surface area (Å²) >= 11 is 3.47. The topological polar surface area (TPSA) is 46.9 Å². The first kappa shape index (κ1) is 15.1. The van der Waals surface area contributed by atoms with E-state index in [2.05, 4.69) is 26.3 Å². The van der Waals surface area contributed by atoms with Crippen LogP contribution in [0.1, 0.15) is 57.8 Å². The van der Waals surface area contributed by atoms with Gasteiger partial charge >= 0.3 is 0 Å². The van der Waals surface area contributed by atoms with Crippen molar-refractivity contribution in [3.8, 4) is 0 Å². The van der Waals surface area contributed by atoms with Crippen molar-refractivity contribution in [3.05, 3.63) is 21.0 Å². The first-order valence-corrected chi connectivity index (χ1v) is 9.05. The molecule has 2 aliphatic carbocycles. The lowest BCUT2D eigenvalue weighted by atomic mass is 9.96. The number of nitrogens with zero attached hydrogens (tertiary/aromatic N) is 2. The fourth-order valence-corrected chi connectivity index (χ4v) is 3.48. The predicted molar refractivity (Wildman–Crippen MR) is 88.7 cm³/mol. The van der Waals surface area contributed by atoms with Crippen molar-refractivity contribution in [2.75, 3.05) is 5.32 Å². The minimum absolute atomic E-state index is 0.00209. The molecule has 2 saturated carbocycles. The molecule has 0 unspecified atom stereocenters. The highest BCUT2D eigenvalue weighted by Gasteiger charge is 2.23. The van der Waals surface area contributed by atoms with Crippen LogP contribution >= 0.6 is 15.9 Å². The van der Waals surface area contributed by atoms with E-state index in [4.69, 9.17) is 0 Å². The highest BCUT2D eigenvalue weighted by molar-refractivity contribution is 9.10. The lowest BCUT2D eigenvalue weighted by molar-refractivity contribution is 0.470. The van der Waals surface area contributed by atoms with Crippen LogP contribution in [0, 0.1) is 5.92 Å². The Hall–Kier alpha value is -0.840. The maximum Gasteiger partial charge on any atom is 0.283 e. The van der Waals surface area contributed by atoms with Gasteiger partial charge in [-0.15, -0.1) is 0 Å². The van der Waals surface area contributed by atoms with E-state index >= 15 is 0 Å². The molecule has 116 valence electrons. The Morgan fingerprint density at radius 2 is 1.81 bits per heavy atom. The Labute approximate surface area is 134 Å². The van der Waals surface area contributed by atoms with Gasteiger partial charge in [0.05, 0.1) is 11.9 Å². The van der Waals surface area contributed by atoms with Crippen molar-refractivity contribution in [2.24, 2.45) is 5.92 Å². The second kappa shape index (κ2) is 6.95. The highest BCUT2D eigenvalue weighted by atomic mass is 79.9. The number of rotatable bonds is 4. The van der Waals surface area contributed by atoms with Gasteiger partial charge in [0.15, 0.2) is 0 Å². The second-order valence-electron chi connectivity index (χ2n) is 6.49. The molecule has 1 aromatic rings. The molecule has 1 heterocycles. The summed E-state index contributed by atoms with van der Waals surface area (Å²) < 4.78 is 2.24. The van der Waals surface area contributed by atoms with Gasteiger partial charge < -0.3 is 5.32 Å². The van der Waals surface area contributed by atoms with E-state index in [0.717, 1.165) is 12.2 Å². The highest BCUT2D eigenvalue weighted by Crippen LogP contribution is 2.30. The van der Waals surface area contributed by atoms with Gasteiger partial charge in [-0.1, -0.05) is 32.1 Å². The third kappa shape index (κ3) is 4.09. The molecule has 0 saturated heterocycles. The van der Waals surface area contributed by atoms with Crippen molar-refractivity contribution < 1.29 is 0 Å². The SMILES string of the molecule is O=c1c(Br)c(NC2CCCCCCC2)cnn1CC1CC1. The van der Waals surface area contributed by atoms with Crippen LogP contribution in [-0.2, 0) is 6.54 Å². The zero-order valence-corrected chi connectivity index (χ0v) is 14.1. The van der Waals surface area contributed by atoms with Crippen LogP contribution in [-0.4, -0.2) is 15.8 Å². The zero-order valence-electron chi connectivity index (χ0n) is 12.5. The number of aromatic nitrogens is 2. The minimum atomic E-state index is -0.00209. The Balaban J connectivity index is 1.69. The van der Waals surface area contributed by atoms with Crippen molar-refractivity contribution in [1.82, 2.24) is 9.78 Å². The largest absolute Gasteiger partial charge is 0.380 e. The summed E-state index contributed by atoms with van der Waals surface area (Å²) in [4.78, 5) is 12.3. The van der Waals surface area contributed by atoms with E-state index in [9.17, 15) is 4.79 Å². The van der Waals surface area contributed by atoms with E-state index in [-0.39, 0.29) is 5.56 Å². The maximum absolute atomic E-state index is 12.3. The molecule has 1 N–H and O–H groups in total. The van der Waals surface area contributed by atoms with Crippen LogP contribution in [0.3, 0.4) is 0 Å². The molecule has 0 aliphatic heterocycles. The van der Waals surface area contributed by atoms with Gasteiger partial charge in [0.2, 0.25) is 0 Å². The van der Waals surface area contributed by atoms with Crippen molar-refractivity contribution >= 4 is 21.6 Å². The molecular weight excluding hydrogens is 330 g/mol. The Bertz CT molecular complexity index is 531. The molecule has 2 aliphatic rings. The number of hydrogen-bond donors (Lipinski definition) is 1. The summed E-state index contributed by atoms with van der Waals surface area (Å²) in [7, 11) is 0.